The Kier molecular flexibility index (Phi) is 6.19. The summed E-state index contributed by atoms with van der Waals surface area (Å²) in [6.07, 6.45) is -12.1. The van der Waals surface area contributed by atoms with Crippen LogP contribution in [0.2, 0.25) is 0 Å². The van der Waals surface area contributed by atoms with Gasteiger partial charge in [0.05, 0.1) is 26.4 Å². The van der Waals surface area contributed by atoms with Crippen LogP contribution in [-0.2, 0) is 28.4 Å². The van der Waals surface area contributed by atoms with E-state index in [4.69, 9.17) is 28.4 Å². The van der Waals surface area contributed by atoms with Crippen LogP contribution in [0.15, 0.2) is 0 Å². The first-order valence-electron chi connectivity index (χ1n) is 9.23. The van der Waals surface area contributed by atoms with E-state index in [-0.39, 0.29) is 13.2 Å². The van der Waals surface area contributed by atoms with Crippen LogP contribution in [-0.4, -0.2) is 131 Å². The molecule has 0 aliphatic carbocycles. The molecular formula is C16H26O12. The molecule has 12 heteroatoms. The normalized spacial score (nSPS) is 53.8. The lowest BCUT2D eigenvalue weighted by atomic mass is 10.0. The van der Waals surface area contributed by atoms with Crippen molar-refractivity contribution in [3.05, 3.63) is 0 Å². The van der Waals surface area contributed by atoms with E-state index < -0.39 is 86.8 Å². The minimum absolute atomic E-state index is 0.123. The monoisotopic (exact) mass is 410 g/mol. The first-order chi connectivity index (χ1) is 13.4. The fraction of sp³-hybridized carbons (Fsp3) is 1.00. The molecule has 162 valence electrons. The van der Waals surface area contributed by atoms with Crippen molar-refractivity contribution in [3.8, 4) is 0 Å². The van der Waals surface area contributed by atoms with Crippen LogP contribution in [0, 0.1) is 0 Å². The van der Waals surface area contributed by atoms with Crippen LogP contribution in [0.1, 0.15) is 0 Å². The van der Waals surface area contributed by atoms with Gasteiger partial charge in [-0.3, -0.25) is 0 Å². The van der Waals surface area contributed by atoms with Crippen molar-refractivity contribution in [3.63, 3.8) is 0 Å². The zero-order valence-electron chi connectivity index (χ0n) is 14.9. The fourth-order valence-electron chi connectivity index (χ4n) is 3.95. The predicted octanol–water partition coefficient (Wildman–Crippen LogP) is -4.57. The minimum atomic E-state index is -1.35. The van der Waals surface area contributed by atoms with Gasteiger partial charge in [-0.15, -0.1) is 0 Å². The molecule has 2 bridgehead atoms. The molecule has 0 aromatic rings. The standard InChI is InChI=1S/C16H26O12/c17-1-5-9(19)11(21)15(25-5)27-8-4-23-7-3-24-13(8)14(7)28-16-12(22)10(20)6(2-18)26-16/h5-22H,1-4H2/t5-,6-,7-,8-,9-,10-,11+,12+,13+,14-,15-,16-/m1/s1. The zero-order valence-corrected chi connectivity index (χ0v) is 14.9. The number of rotatable bonds is 6. The molecule has 4 aliphatic heterocycles. The molecule has 4 fully saturated rings. The molecular weight excluding hydrogens is 384 g/mol. The molecule has 0 amide bonds. The van der Waals surface area contributed by atoms with Gasteiger partial charge in [-0.2, -0.15) is 0 Å². The Morgan fingerprint density at radius 1 is 0.714 bits per heavy atom. The predicted molar refractivity (Wildman–Crippen MR) is 84.7 cm³/mol. The van der Waals surface area contributed by atoms with Crippen molar-refractivity contribution in [1.82, 2.24) is 0 Å². The summed E-state index contributed by atoms with van der Waals surface area (Å²) in [5.74, 6) is 0. The van der Waals surface area contributed by atoms with Crippen molar-refractivity contribution < 1.29 is 59.1 Å². The molecule has 0 spiro atoms. The van der Waals surface area contributed by atoms with Gasteiger partial charge >= 0.3 is 0 Å². The van der Waals surface area contributed by atoms with E-state index in [2.05, 4.69) is 0 Å². The highest BCUT2D eigenvalue weighted by Gasteiger charge is 2.54. The van der Waals surface area contributed by atoms with Gasteiger partial charge in [-0.1, -0.05) is 0 Å². The first-order valence-corrected chi connectivity index (χ1v) is 9.23. The van der Waals surface area contributed by atoms with Crippen LogP contribution in [0.3, 0.4) is 0 Å². The molecule has 4 saturated heterocycles. The molecule has 0 unspecified atom stereocenters. The van der Waals surface area contributed by atoms with Crippen molar-refractivity contribution >= 4 is 0 Å². The van der Waals surface area contributed by atoms with Crippen LogP contribution in [0.5, 0.6) is 0 Å². The van der Waals surface area contributed by atoms with E-state index in [1.54, 1.807) is 0 Å². The quantitative estimate of drug-likeness (QED) is 0.247. The smallest absolute Gasteiger partial charge is 0.187 e. The van der Waals surface area contributed by atoms with Crippen LogP contribution in [0.4, 0.5) is 0 Å². The first kappa shape index (κ1) is 20.8. The largest absolute Gasteiger partial charge is 0.394 e. The van der Waals surface area contributed by atoms with Gasteiger partial charge in [0.2, 0.25) is 0 Å². The van der Waals surface area contributed by atoms with Crippen molar-refractivity contribution in [2.75, 3.05) is 26.4 Å². The second kappa shape index (κ2) is 8.34. The van der Waals surface area contributed by atoms with E-state index in [0.29, 0.717) is 0 Å². The lowest BCUT2D eigenvalue weighted by Gasteiger charge is -2.37. The van der Waals surface area contributed by atoms with Crippen molar-refractivity contribution in [1.29, 1.82) is 0 Å². The number of aliphatic hydroxyl groups excluding tert-OH is 6. The summed E-state index contributed by atoms with van der Waals surface area (Å²) < 4.78 is 33.5. The second-order valence-corrected chi connectivity index (χ2v) is 7.36. The Morgan fingerprint density at radius 2 is 1.29 bits per heavy atom. The highest BCUT2D eigenvalue weighted by Crippen LogP contribution is 2.35. The van der Waals surface area contributed by atoms with Crippen LogP contribution >= 0.6 is 0 Å². The van der Waals surface area contributed by atoms with Crippen LogP contribution < -0.4 is 0 Å². The summed E-state index contributed by atoms with van der Waals surface area (Å²) in [5.41, 5.74) is 0. The Balaban J connectivity index is 1.40. The molecule has 0 aromatic heterocycles. The van der Waals surface area contributed by atoms with Crippen molar-refractivity contribution in [2.45, 2.75) is 73.6 Å². The molecule has 0 radical (unpaired) electrons. The van der Waals surface area contributed by atoms with Gasteiger partial charge in [0, 0.05) is 0 Å². The van der Waals surface area contributed by atoms with E-state index in [1.165, 1.54) is 0 Å². The second-order valence-electron chi connectivity index (χ2n) is 7.36. The number of ether oxygens (including phenoxy) is 6. The maximum absolute atomic E-state index is 10.1. The van der Waals surface area contributed by atoms with E-state index in [9.17, 15) is 30.6 Å². The molecule has 4 aliphatic rings. The average Bonchev–Trinajstić information content (AvgIpc) is 3.24. The third kappa shape index (κ3) is 3.57. The SMILES string of the molecule is OC[C@H]1O[C@H](O[C@@H]2CO[C@@H]3CO[C@@H]2[C@@H]3O[C@H]2O[C@H](CO)[C@@H](O)[C@@H]2O)[C@@H](O)[C@@H]1O. The van der Waals surface area contributed by atoms with Gasteiger partial charge in [0.15, 0.2) is 12.6 Å². The minimum Gasteiger partial charge on any atom is -0.394 e. The molecule has 6 N–H and O–H groups in total. The van der Waals surface area contributed by atoms with Gasteiger partial charge < -0.3 is 59.1 Å². The summed E-state index contributed by atoms with van der Waals surface area (Å²) in [6, 6.07) is 0. The fourth-order valence-corrected chi connectivity index (χ4v) is 3.95. The summed E-state index contributed by atoms with van der Waals surface area (Å²) in [7, 11) is 0. The zero-order chi connectivity index (χ0) is 20.0. The van der Waals surface area contributed by atoms with Crippen LogP contribution in [0.25, 0.3) is 0 Å². The lowest BCUT2D eigenvalue weighted by molar-refractivity contribution is -0.270. The molecule has 0 aromatic carbocycles. The van der Waals surface area contributed by atoms with Gasteiger partial charge in [0.25, 0.3) is 0 Å². The maximum Gasteiger partial charge on any atom is 0.187 e. The number of hydrogen-bond donors (Lipinski definition) is 6. The highest BCUT2D eigenvalue weighted by atomic mass is 16.8. The molecule has 4 heterocycles. The molecule has 28 heavy (non-hydrogen) atoms. The number of fused-ring (bicyclic) bond motifs is 2. The van der Waals surface area contributed by atoms with E-state index in [1.807, 2.05) is 0 Å². The average molecular weight is 410 g/mol. The molecule has 4 rings (SSSR count). The van der Waals surface area contributed by atoms with Gasteiger partial charge in [-0.05, 0) is 0 Å². The Bertz CT molecular complexity index is 536. The molecule has 12 atom stereocenters. The third-order valence-corrected chi connectivity index (χ3v) is 5.58. The molecule has 12 nitrogen and oxygen atoms in total. The highest BCUT2D eigenvalue weighted by molar-refractivity contribution is 4.98. The van der Waals surface area contributed by atoms with Gasteiger partial charge in [-0.25, -0.2) is 0 Å². The summed E-state index contributed by atoms with van der Waals surface area (Å²) in [6.45, 7) is -0.616. The Morgan fingerprint density at radius 3 is 1.82 bits per heavy atom. The van der Waals surface area contributed by atoms with Gasteiger partial charge in [0.1, 0.15) is 61.0 Å². The third-order valence-electron chi connectivity index (χ3n) is 5.58. The number of aliphatic hydroxyl groups is 6. The maximum atomic E-state index is 10.1. The Hall–Kier alpha value is -0.480. The summed E-state index contributed by atoms with van der Waals surface area (Å²) >= 11 is 0. The number of hydrogen-bond acceptors (Lipinski definition) is 12. The lowest BCUT2D eigenvalue weighted by Crippen LogP contribution is -2.54. The van der Waals surface area contributed by atoms with E-state index in [0.717, 1.165) is 0 Å². The summed E-state index contributed by atoms with van der Waals surface area (Å²) in [5, 5.41) is 58.2. The topological polar surface area (TPSA) is 177 Å². The van der Waals surface area contributed by atoms with E-state index >= 15 is 0 Å². The molecule has 0 saturated carbocycles. The Labute approximate surface area is 160 Å². The summed E-state index contributed by atoms with van der Waals surface area (Å²) in [4.78, 5) is 0. The van der Waals surface area contributed by atoms with Crippen molar-refractivity contribution in [2.24, 2.45) is 0 Å².